The van der Waals surface area contributed by atoms with Crippen LogP contribution in [0.15, 0.2) is 60.8 Å². The molecule has 3 rings (SSSR count). The van der Waals surface area contributed by atoms with Gasteiger partial charge in [0.25, 0.3) is 0 Å². The molecule has 0 aliphatic rings. The van der Waals surface area contributed by atoms with E-state index >= 15 is 0 Å². The molecule has 1 heterocycles. The Hall–Kier alpha value is -2.61. The molecule has 0 fully saturated rings. The number of aromatic nitrogens is 2. The average Bonchev–Trinajstić information content (AvgIpc) is 3.10. The molecular weight excluding hydrogens is 344 g/mol. The molecule has 1 aromatic heterocycles. The number of H-pyrrole nitrogens is 1. The average molecular weight is 367 g/mol. The zero-order chi connectivity index (χ0) is 17.3. The number of halogens is 1. The SMILES string of the molecule is Cl.N#Cc1ccc(Cc2ncc(CNCCCc3ccccc3)[nH]2)cc1. The zero-order valence-corrected chi connectivity index (χ0v) is 15.4. The highest BCUT2D eigenvalue weighted by atomic mass is 35.5. The number of hydrogen-bond donors (Lipinski definition) is 2. The van der Waals surface area contributed by atoms with Gasteiger partial charge < -0.3 is 10.3 Å². The van der Waals surface area contributed by atoms with Crippen LogP contribution >= 0.6 is 12.4 Å². The summed E-state index contributed by atoms with van der Waals surface area (Å²) < 4.78 is 0. The molecule has 0 unspecified atom stereocenters. The van der Waals surface area contributed by atoms with Crippen molar-refractivity contribution in [2.75, 3.05) is 6.54 Å². The highest BCUT2D eigenvalue weighted by Crippen LogP contribution is 2.09. The largest absolute Gasteiger partial charge is 0.345 e. The van der Waals surface area contributed by atoms with E-state index in [4.69, 9.17) is 5.26 Å². The number of nitrogens with zero attached hydrogens (tertiary/aromatic N) is 2. The minimum Gasteiger partial charge on any atom is -0.345 e. The van der Waals surface area contributed by atoms with Crippen LogP contribution in [0.1, 0.15) is 34.6 Å². The second-order valence-electron chi connectivity index (χ2n) is 6.11. The Bertz CT molecular complexity index is 819. The van der Waals surface area contributed by atoms with Crippen LogP contribution < -0.4 is 5.32 Å². The number of hydrogen-bond acceptors (Lipinski definition) is 3. The normalized spacial score (nSPS) is 10.1. The summed E-state index contributed by atoms with van der Waals surface area (Å²) in [5.74, 6) is 0.950. The van der Waals surface area contributed by atoms with Gasteiger partial charge >= 0.3 is 0 Å². The van der Waals surface area contributed by atoms with Crippen molar-refractivity contribution in [1.82, 2.24) is 15.3 Å². The Kier molecular flexibility index (Phi) is 7.88. The monoisotopic (exact) mass is 366 g/mol. The van der Waals surface area contributed by atoms with Gasteiger partial charge in [0.2, 0.25) is 0 Å². The molecule has 0 aliphatic carbocycles. The maximum atomic E-state index is 8.83. The van der Waals surface area contributed by atoms with Crippen molar-refractivity contribution in [3.05, 3.63) is 89.0 Å². The summed E-state index contributed by atoms with van der Waals surface area (Å²) in [6.07, 6.45) is 4.86. The van der Waals surface area contributed by atoms with E-state index in [2.05, 4.69) is 51.7 Å². The van der Waals surface area contributed by atoms with Gasteiger partial charge in [-0.1, -0.05) is 42.5 Å². The first-order chi connectivity index (χ1) is 12.3. The number of nitrogens with one attached hydrogen (secondary N) is 2. The maximum absolute atomic E-state index is 8.83. The van der Waals surface area contributed by atoms with Crippen LogP contribution in [0.2, 0.25) is 0 Å². The fourth-order valence-corrected chi connectivity index (χ4v) is 2.76. The molecule has 5 heteroatoms. The third kappa shape index (κ3) is 6.03. The van der Waals surface area contributed by atoms with Gasteiger partial charge in [-0.25, -0.2) is 4.98 Å². The van der Waals surface area contributed by atoms with Crippen LogP contribution in [0.25, 0.3) is 0 Å². The molecule has 2 N–H and O–H groups in total. The Balaban J connectivity index is 0.00000243. The minimum absolute atomic E-state index is 0. The van der Waals surface area contributed by atoms with Gasteiger partial charge in [0.1, 0.15) is 5.82 Å². The molecule has 0 saturated heterocycles. The van der Waals surface area contributed by atoms with E-state index < -0.39 is 0 Å². The van der Waals surface area contributed by atoms with Gasteiger partial charge in [-0.3, -0.25) is 0 Å². The summed E-state index contributed by atoms with van der Waals surface area (Å²) in [6, 6.07) is 20.3. The van der Waals surface area contributed by atoms with E-state index in [9.17, 15) is 0 Å². The fraction of sp³-hybridized carbons (Fsp3) is 0.238. The van der Waals surface area contributed by atoms with Crippen molar-refractivity contribution in [2.24, 2.45) is 0 Å². The summed E-state index contributed by atoms with van der Waals surface area (Å²) >= 11 is 0. The van der Waals surface area contributed by atoms with E-state index in [0.717, 1.165) is 49.4 Å². The van der Waals surface area contributed by atoms with Gasteiger partial charge in [0.15, 0.2) is 0 Å². The van der Waals surface area contributed by atoms with Crippen molar-refractivity contribution in [2.45, 2.75) is 25.8 Å². The topological polar surface area (TPSA) is 64.5 Å². The summed E-state index contributed by atoms with van der Waals surface area (Å²) in [5.41, 5.74) is 4.32. The lowest BCUT2D eigenvalue weighted by Gasteiger charge is -2.03. The van der Waals surface area contributed by atoms with Crippen LogP contribution in [-0.2, 0) is 19.4 Å². The van der Waals surface area contributed by atoms with Crippen molar-refractivity contribution in [3.63, 3.8) is 0 Å². The molecule has 0 radical (unpaired) electrons. The van der Waals surface area contributed by atoms with Gasteiger partial charge in [-0.15, -0.1) is 12.4 Å². The van der Waals surface area contributed by atoms with E-state index in [1.165, 1.54) is 5.56 Å². The van der Waals surface area contributed by atoms with Crippen LogP contribution in [0.4, 0.5) is 0 Å². The lowest BCUT2D eigenvalue weighted by atomic mass is 10.1. The van der Waals surface area contributed by atoms with Gasteiger partial charge in [0.05, 0.1) is 11.6 Å². The molecule has 0 aliphatic heterocycles. The molecule has 2 aromatic carbocycles. The van der Waals surface area contributed by atoms with Gasteiger partial charge in [0, 0.05) is 24.9 Å². The van der Waals surface area contributed by atoms with Crippen molar-refractivity contribution < 1.29 is 0 Å². The molecule has 26 heavy (non-hydrogen) atoms. The molecule has 0 atom stereocenters. The number of aryl methyl sites for hydroxylation is 1. The summed E-state index contributed by atoms with van der Waals surface area (Å²) in [6.45, 7) is 1.79. The Morgan fingerprint density at radius 3 is 2.50 bits per heavy atom. The number of rotatable bonds is 8. The second-order valence-corrected chi connectivity index (χ2v) is 6.11. The first-order valence-corrected chi connectivity index (χ1v) is 8.60. The quantitative estimate of drug-likeness (QED) is 0.592. The first kappa shape index (κ1) is 19.7. The molecule has 0 bridgehead atoms. The van der Waals surface area contributed by atoms with Crippen LogP contribution in [-0.4, -0.2) is 16.5 Å². The smallest absolute Gasteiger partial charge is 0.110 e. The third-order valence-electron chi connectivity index (χ3n) is 4.11. The predicted octanol–water partition coefficient (Wildman–Crippen LogP) is 4.02. The number of aromatic amines is 1. The highest BCUT2D eigenvalue weighted by Gasteiger charge is 2.02. The zero-order valence-electron chi connectivity index (χ0n) is 14.6. The number of nitriles is 1. The summed E-state index contributed by atoms with van der Waals surface area (Å²) in [7, 11) is 0. The van der Waals surface area contributed by atoms with Gasteiger partial charge in [-0.2, -0.15) is 5.26 Å². The van der Waals surface area contributed by atoms with Crippen LogP contribution in [0.3, 0.4) is 0 Å². The standard InChI is InChI=1S/C21H22N4.ClH/c22-14-19-10-8-18(9-11-19)13-21-24-16-20(25-21)15-23-12-4-7-17-5-2-1-3-6-17;/h1-3,5-6,8-11,16,23H,4,7,12-13,15H2,(H,24,25);1H. The molecule has 3 aromatic rings. The molecular formula is C21H23ClN4. The van der Waals surface area contributed by atoms with Crippen LogP contribution in [0.5, 0.6) is 0 Å². The van der Waals surface area contributed by atoms with E-state index in [1.54, 1.807) is 0 Å². The fourth-order valence-electron chi connectivity index (χ4n) is 2.76. The number of imidazole rings is 1. The number of benzene rings is 2. The third-order valence-corrected chi connectivity index (χ3v) is 4.11. The van der Waals surface area contributed by atoms with Crippen LogP contribution in [0, 0.1) is 11.3 Å². The van der Waals surface area contributed by atoms with Crippen molar-refractivity contribution in [3.8, 4) is 6.07 Å². The van der Waals surface area contributed by atoms with E-state index in [-0.39, 0.29) is 12.4 Å². The lowest BCUT2D eigenvalue weighted by Crippen LogP contribution is -2.15. The summed E-state index contributed by atoms with van der Waals surface area (Å²) in [4.78, 5) is 7.80. The van der Waals surface area contributed by atoms with E-state index in [0.29, 0.717) is 5.56 Å². The molecule has 0 amide bonds. The minimum atomic E-state index is 0. The Labute approximate surface area is 160 Å². The lowest BCUT2D eigenvalue weighted by molar-refractivity contribution is 0.641. The maximum Gasteiger partial charge on any atom is 0.110 e. The summed E-state index contributed by atoms with van der Waals surface area (Å²) in [5, 5.41) is 12.3. The van der Waals surface area contributed by atoms with Gasteiger partial charge in [-0.05, 0) is 42.6 Å². The molecule has 4 nitrogen and oxygen atoms in total. The Morgan fingerprint density at radius 2 is 1.77 bits per heavy atom. The van der Waals surface area contributed by atoms with E-state index in [1.807, 2.05) is 30.5 Å². The molecule has 0 saturated carbocycles. The molecule has 0 spiro atoms. The molecule has 134 valence electrons. The van der Waals surface area contributed by atoms with Crippen molar-refractivity contribution >= 4 is 12.4 Å². The Morgan fingerprint density at radius 1 is 1.00 bits per heavy atom. The first-order valence-electron chi connectivity index (χ1n) is 8.60. The predicted molar refractivity (Wildman–Crippen MR) is 106 cm³/mol. The second kappa shape index (κ2) is 10.4. The van der Waals surface area contributed by atoms with Crippen molar-refractivity contribution in [1.29, 1.82) is 5.26 Å². The highest BCUT2D eigenvalue weighted by molar-refractivity contribution is 5.85.